The molecule has 0 aromatic heterocycles. The fourth-order valence-corrected chi connectivity index (χ4v) is 2.49. The van der Waals surface area contributed by atoms with Crippen LogP contribution in [0.2, 0.25) is 0 Å². The molecule has 0 bridgehead atoms. The van der Waals surface area contributed by atoms with E-state index in [1.54, 1.807) is 0 Å². The monoisotopic (exact) mass is 303 g/mol. The van der Waals surface area contributed by atoms with Crippen molar-refractivity contribution in [1.82, 2.24) is 0 Å². The molecule has 1 nitrogen and oxygen atoms in total. The SMILES string of the molecule is CC(C)c1cc(C[C@@H](C)N)ccc1I. The summed E-state index contributed by atoms with van der Waals surface area (Å²) >= 11 is 2.39. The first-order chi connectivity index (χ1) is 6.50. The molecule has 0 unspecified atom stereocenters. The van der Waals surface area contributed by atoms with Gasteiger partial charge in [-0.3, -0.25) is 0 Å². The third-order valence-corrected chi connectivity index (χ3v) is 3.22. The molecule has 78 valence electrons. The summed E-state index contributed by atoms with van der Waals surface area (Å²) in [4.78, 5) is 0. The fraction of sp³-hybridized carbons (Fsp3) is 0.500. The van der Waals surface area contributed by atoms with Crippen LogP contribution in [0.25, 0.3) is 0 Å². The standard InChI is InChI=1S/C12H18IN/c1-8(2)11-7-10(6-9(3)14)4-5-12(11)13/h4-5,7-9H,6,14H2,1-3H3/t9-/m1/s1. The maximum absolute atomic E-state index is 5.79. The van der Waals surface area contributed by atoms with Gasteiger partial charge >= 0.3 is 0 Å². The maximum Gasteiger partial charge on any atom is 0.0165 e. The lowest BCUT2D eigenvalue weighted by Gasteiger charge is -2.12. The summed E-state index contributed by atoms with van der Waals surface area (Å²) < 4.78 is 1.35. The molecule has 0 aliphatic rings. The molecular weight excluding hydrogens is 285 g/mol. The molecule has 1 atom stereocenters. The van der Waals surface area contributed by atoms with E-state index < -0.39 is 0 Å². The van der Waals surface area contributed by atoms with Gasteiger partial charge in [0.25, 0.3) is 0 Å². The summed E-state index contributed by atoms with van der Waals surface area (Å²) in [5.74, 6) is 0.593. The van der Waals surface area contributed by atoms with Crippen molar-refractivity contribution in [2.75, 3.05) is 0 Å². The number of nitrogens with two attached hydrogens (primary N) is 1. The highest BCUT2D eigenvalue weighted by Crippen LogP contribution is 2.22. The molecule has 0 amide bonds. The number of halogens is 1. The summed E-state index contributed by atoms with van der Waals surface area (Å²) in [5.41, 5.74) is 8.57. The summed E-state index contributed by atoms with van der Waals surface area (Å²) in [5, 5.41) is 0. The maximum atomic E-state index is 5.79. The van der Waals surface area contributed by atoms with Crippen molar-refractivity contribution in [2.24, 2.45) is 5.73 Å². The minimum atomic E-state index is 0.245. The van der Waals surface area contributed by atoms with Gasteiger partial charge in [-0.05, 0) is 59.0 Å². The van der Waals surface area contributed by atoms with Gasteiger partial charge in [-0.15, -0.1) is 0 Å². The Bertz CT molecular complexity index is 305. The van der Waals surface area contributed by atoms with Crippen molar-refractivity contribution in [3.63, 3.8) is 0 Å². The molecule has 0 heterocycles. The second-order valence-corrected chi connectivity index (χ2v) is 5.35. The molecule has 14 heavy (non-hydrogen) atoms. The highest BCUT2D eigenvalue weighted by molar-refractivity contribution is 14.1. The molecule has 0 spiro atoms. The van der Waals surface area contributed by atoms with Gasteiger partial charge in [0.05, 0.1) is 0 Å². The van der Waals surface area contributed by atoms with Crippen molar-refractivity contribution in [1.29, 1.82) is 0 Å². The fourth-order valence-electron chi connectivity index (χ4n) is 1.53. The molecule has 0 saturated carbocycles. The normalized spacial score (nSPS) is 13.3. The van der Waals surface area contributed by atoms with Crippen LogP contribution in [0.3, 0.4) is 0 Å². The molecular formula is C12H18IN. The van der Waals surface area contributed by atoms with Crippen molar-refractivity contribution < 1.29 is 0 Å². The van der Waals surface area contributed by atoms with Gasteiger partial charge in [-0.1, -0.05) is 26.0 Å². The third kappa shape index (κ3) is 3.24. The average Bonchev–Trinajstić information content (AvgIpc) is 2.07. The Morgan fingerprint density at radius 2 is 1.93 bits per heavy atom. The molecule has 2 heteroatoms. The van der Waals surface area contributed by atoms with Gasteiger partial charge in [0.2, 0.25) is 0 Å². The molecule has 1 aromatic carbocycles. The Labute approximate surface area is 100 Å². The van der Waals surface area contributed by atoms with Crippen LogP contribution in [0, 0.1) is 3.57 Å². The number of rotatable bonds is 3. The van der Waals surface area contributed by atoms with Crippen LogP contribution in [0.15, 0.2) is 18.2 Å². The Balaban J connectivity index is 2.94. The highest BCUT2D eigenvalue weighted by atomic mass is 127. The molecule has 1 rings (SSSR count). The van der Waals surface area contributed by atoms with E-state index in [0.717, 1.165) is 6.42 Å². The Hall–Kier alpha value is -0.0900. The van der Waals surface area contributed by atoms with Gasteiger partial charge in [0.15, 0.2) is 0 Å². The Morgan fingerprint density at radius 3 is 2.43 bits per heavy atom. The first kappa shape index (κ1) is 12.0. The van der Waals surface area contributed by atoms with Crippen LogP contribution in [-0.2, 0) is 6.42 Å². The van der Waals surface area contributed by atoms with Crippen molar-refractivity contribution >= 4 is 22.6 Å². The van der Waals surface area contributed by atoms with Crippen molar-refractivity contribution in [2.45, 2.75) is 39.2 Å². The first-order valence-electron chi connectivity index (χ1n) is 5.04. The number of benzene rings is 1. The van der Waals surface area contributed by atoms with E-state index in [-0.39, 0.29) is 6.04 Å². The lowest BCUT2D eigenvalue weighted by Crippen LogP contribution is -2.17. The quantitative estimate of drug-likeness (QED) is 0.852. The zero-order valence-corrected chi connectivity index (χ0v) is 11.2. The highest BCUT2D eigenvalue weighted by Gasteiger charge is 2.06. The average molecular weight is 303 g/mol. The summed E-state index contributed by atoms with van der Waals surface area (Å²) in [6.07, 6.45) is 0.969. The second-order valence-electron chi connectivity index (χ2n) is 4.19. The largest absolute Gasteiger partial charge is 0.328 e. The van der Waals surface area contributed by atoms with Crippen LogP contribution < -0.4 is 5.73 Å². The first-order valence-corrected chi connectivity index (χ1v) is 6.12. The molecule has 0 aliphatic carbocycles. The number of hydrogen-bond acceptors (Lipinski definition) is 1. The second kappa shape index (κ2) is 5.12. The van der Waals surface area contributed by atoms with E-state index >= 15 is 0 Å². The molecule has 0 saturated heterocycles. The van der Waals surface area contributed by atoms with Crippen LogP contribution in [0.1, 0.15) is 37.8 Å². The van der Waals surface area contributed by atoms with Gasteiger partial charge in [-0.2, -0.15) is 0 Å². The van der Waals surface area contributed by atoms with E-state index in [1.807, 2.05) is 6.92 Å². The summed E-state index contributed by atoms with van der Waals surface area (Å²) in [6, 6.07) is 6.90. The topological polar surface area (TPSA) is 26.0 Å². The number of hydrogen-bond donors (Lipinski definition) is 1. The lowest BCUT2D eigenvalue weighted by molar-refractivity contribution is 0.735. The molecule has 2 N–H and O–H groups in total. The van der Waals surface area contributed by atoms with Crippen LogP contribution in [-0.4, -0.2) is 6.04 Å². The van der Waals surface area contributed by atoms with E-state index in [9.17, 15) is 0 Å². The summed E-state index contributed by atoms with van der Waals surface area (Å²) in [6.45, 7) is 6.51. The Kier molecular flexibility index (Phi) is 4.38. The molecule has 0 aliphatic heterocycles. The zero-order valence-electron chi connectivity index (χ0n) is 9.05. The van der Waals surface area contributed by atoms with E-state index in [4.69, 9.17) is 5.73 Å². The zero-order chi connectivity index (χ0) is 10.7. The Morgan fingerprint density at radius 1 is 1.29 bits per heavy atom. The van der Waals surface area contributed by atoms with Crippen LogP contribution in [0.4, 0.5) is 0 Å². The lowest BCUT2D eigenvalue weighted by atomic mass is 9.98. The van der Waals surface area contributed by atoms with Crippen LogP contribution in [0.5, 0.6) is 0 Å². The van der Waals surface area contributed by atoms with Crippen molar-refractivity contribution in [3.8, 4) is 0 Å². The van der Waals surface area contributed by atoms with E-state index in [0.29, 0.717) is 5.92 Å². The third-order valence-electron chi connectivity index (χ3n) is 2.24. The minimum Gasteiger partial charge on any atom is -0.328 e. The van der Waals surface area contributed by atoms with Crippen molar-refractivity contribution in [3.05, 3.63) is 32.9 Å². The van der Waals surface area contributed by atoms with Gasteiger partial charge < -0.3 is 5.73 Å². The van der Waals surface area contributed by atoms with E-state index in [2.05, 4.69) is 54.6 Å². The van der Waals surface area contributed by atoms with E-state index in [1.165, 1.54) is 14.7 Å². The predicted molar refractivity (Wildman–Crippen MR) is 70.6 cm³/mol. The van der Waals surface area contributed by atoms with Crippen LogP contribution >= 0.6 is 22.6 Å². The van der Waals surface area contributed by atoms with Gasteiger partial charge in [-0.25, -0.2) is 0 Å². The van der Waals surface area contributed by atoms with Gasteiger partial charge in [0, 0.05) is 9.61 Å². The predicted octanol–water partition coefficient (Wildman–Crippen LogP) is 3.30. The molecule has 0 radical (unpaired) electrons. The van der Waals surface area contributed by atoms with Gasteiger partial charge in [0.1, 0.15) is 0 Å². The summed E-state index contributed by atoms with van der Waals surface area (Å²) in [7, 11) is 0. The smallest absolute Gasteiger partial charge is 0.0165 e. The molecule has 0 fully saturated rings. The molecule has 1 aromatic rings. The minimum absolute atomic E-state index is 0.245.